The summed E-state index contributed by atoms with van der Waals surface area (Å²) in [7, 11) is 1.54. The van der Waals surface area contributed by atoms with Gasteiger partial charge in [-0.2, -0.15) is 0 Å². The van der Waals surface area contributed by atoms with Crippen molar-refractivity contribution < 1.29 is 14.6 Å². The summed E-state index contributed by atoms with van der Waals surface area (Å²) in [5.74, 6) is -0.361. The number of hydrogen-bond acceptors (Lipinski definition) is 3. The number of carbonyl (C=O) groups is 1. The molecule has 21 heavy (non-hydrogen) atoms. The molecule has 4 nitrogen and oxygen atoms in total. The van der Waals surface area contributed by atoms with Crippen molar-refractivity contribution >= 4 is 5.97 Å². The molecule has 0 saturated carbocycles. The highest BCUT2D eigenvalue weighted by molar-refractivity contribution is 5.76. The summed E-state index contributed by atoms with van der Waals surface area (Å²) in [6.07, 6.45) is 0. The van der Waals surface area contributed by atoms with Gasteiger partial charge in [0.2, 0.25) is 0 Å². The van der Waals surface area contributed by atoms with Crippen LogP contribution < -0.4 is 10.1 Å². The van der Waals surface area contributed by atoms with Gasteiger partial charge in [-0.15, -0.1) is 0 Å². The van der Waals surface area contributed by atoms with Crippen molar-refractivity contribution in [2.75, 3.05) is 7.11 Å². The predicted octanol–water partition coefficient (Wildman–Crippen LogP) is 3.17. The number of benzene rings is 2. The average Bonchev–Trinajstić information content (AvgIpc) is 2.53. The minimum atomic E-state index is -0.928. The Bertz CT molecular complexity index is 598. The van der Waals surface area contributed by atoms with Gasteiger partial charge < -0.3 is 9.84 Å². The summed E-state index contributed by atoms with van der Waals surface area (Å²) in [5, 5.41) is 12.7. The van der Waals surface area contributed by atoms with Crippen LogP contribution in [-0.4, -0.2) is 18.2 Å². The second kappa shape index (κ2) is 6.90. The van der Waals surface area contributed by atoms with Gasteiger partial charge in [-0.3, -0.25) is 10.1 Å². The Labute approximate surface area is 124 Å². The summed E-state index contributed by atoms with van der Waals surface area (Å²) < 4.78 is 5.26. The Morgan fingerprint density at radius 1 is 1.10 bits per heavy atom. The molecule has 0 radical (unpaired) electrons. The lowest BCUT2D eigenvalue weighted by atomic mass is 10.0. The zero-order valence-electron chi connectivity index (χ0n) is 12.1. The quantitative estimate of drug-likeness (QED) is 0.856. The summed E-state index contributed by atoms with van der Waals surface area (Å²) in [6, 6.07) is 16.0. The lowest BCUT2D eigenvalue weighted by Gasteiger charge is -2.22. The zero-order valence-corrected chi connectivity index (χ0v) is 12.1. The van der Waals surface area contributed by atoms with E-state index in [1.165, 1.54) is 0 Å². The Balaban J connectivity index is 2.26. The Hall–Kier alpha value is -2.33. The molecule has 2 atom stereocenters. The van der Waals surface area contributed by atoms with Gasteiger partial charge >= 0.3 is 5.97 Å². The van der Waals surface area contributed by atoms with Crippen LogP contribution in [0.5, 0.6) is 5.75 Å². The molecule has 0 saturated heterocycles. The van der Waals surface area contributed by atoms with E-state index >= 15 is 0 Å². The number of methoxy groups -OCH3 is 1. The Morgan fingerprint density at radius 2 is 1.71 bits per heavy atom. The fourth-order valence-electron chi connectivity index (χ4n) is 2.29. The molecule has 4 heteroatoms. The van der Waals surface area contributed by atoms with E-state index in [0.29, 0.717) is 11.3 Å². The second-order valence-electron chi connectivity index (χ2n) is 4.81. The maximum Gasteiger partial charge on any atom is 0.325 e. The standard InChI is InChI=1S/C17H19NO3/c1-12(13-8-4-3-5-9-13)18-16(17(19)20)14-10-6-7-11-15(14)21-2/h3-12,16,18H,1-2H3,(H,19,20). The van der Waals surface area contributed by atoms with Gasteiger partial charge in [0.15, 0.2) is 0 Å². The highest BCUT2D eigenvalue weighted by Gasteiger charge is 2.25. The summed E-state index contributed by atoms with van der Waals surface area (Å²) in [5.41, 5.74) is 1.66. The van der Waals surface area contributed by atoms with Crippen molar-refractivity contribution in [2.24, 2.45) is 0 Å². The summed E-state index contributed by atoms with van der Waals surface area (Å²) >= 11 is 0. The molecule has 0 fully saturated rings. The predicted molar refractivity (Wildman–Crippen MR) is 81.4 cm³/mol. The molecule has 2 unspecified atom stereocenters. The topological polar surface area (TPSA) is 58.6 Å². The van der Waals surface area contributed by atoms with Crippen LogP contribution in [0.1, 0.15) is 30.1 Å². The Morgan fingerprint density at radius 3 is 2.33 bits per heavy atom. The lowest BCUT2D eigenvalue weighted by molar-refractivity contribution is -0.139. The molecule has 0 aliphatic heterocycles. The molecule has 0 aliphatic carbocycles. The molecular weight excluding hydrogens is 266 g/mol. The molecule has 0 heterocycles. The fraction of sp³-hybridized carbons (Fsp3) is 0.235. The number of ether oxygens (including phenoxy) is 1. The largest absolute Gasteiger partial charge is 0.496 e. The molecule has 0 amide bonds. The maximum absolute atomic E-state index is 11.6. The van der Waals surface area contributed by atoms with E-state index < -0.39 is 12.0 Å². The number of hydrogen-bond donors (Lipinski definition) is 2. The molecule has 2 aromatic rings. The van der Waals surface area contributed by atoms with E-state index in [9.17, 15) is 9.90 Å². The third-order valence-corrected chi connectivity index (χ3v) is 3.41. The van der Waals surface area contributed by atoms with E-state index in [2.05, 4.69) is 5.32 Å². The SMILES string of the molecule is COc1ccccc1C(NC(C)c1ccccc1)C(=O)O. The molecular formula is C17H19NO3. The average molecular weight is 285 g/mol. The van der Waals surface area contributed by atoms with Crippen molar-refractivity contribution in [1.82, 2.24) is 5.32 Å². The van der Waals surface area contributed by atoms with E-state index in [1.807, 2.05) is 49.4 Å². The monoisotopic (exact) mass is 285 g/mol. The van der Waals surface area contributed by atoms with Crippen LogP contribution in [0.15, 0.2) is 54.6 Å². The molecule has 110 valence electrons. The van der Waals surface area contributed by atoms with Crippen LogP contribution in [-0.2, 0) is 4.79 Å². The normalized spacial score (nSPS) is 13.4. The lowest BCUT2D eigenvalue weighted by Crippen LogP contribution is -2.31. The molecule has 0 bridgehead atoms. The van der Waals surface area contributed by atoms with Gasteiger partial charge in [0.1, 0.15) is 11.8 Å². The third-order valence-electron chi connectivity index (χ3n) is 3.41. The van der Waals surface area contributed by atoms with Crippen LogP contribution in [0.4, 0.5) is 0 Å². The number of carboxylic acids is 1. The number of para-hydroxylation sites is 1. The van der Waals surface area contributed by atoms with Crippen molar-refractivity contribution in [3.8, 4) is 5.75 Å². The summed E-state index contributed by atoms with van der Waals surface area (Å²) in [4.78, 5) is 11.6. The van der Waals surface area contributed by atoms with Crippen LogP contribution in [0, 0.1) is 0 Å². The van der Waals surface area contributed by atoms with Gasteiger partial charge in [0, 0.05) is 11.6 Å². The van der Waals surface area contributed by atoms with E-state index in [1.54, 1.807) is 19.2 Å². The highest BCUT2D eigenvalue weighted by atomic mass is 16.5. The number of aliphatic carboxylic acids is 1. The molecule has 0 spiro atoms. The van der Waals surface area contributed by atoms with Gasteiger partial charge in [0.05, 0.1) is 7.11 Å². The first-order valence-electron chi connectivity index (χ1n) is 6.80. The number of rotatable bonds is 6. The second-order valence-corrected chi connectivity index (χ2v) is 4.81. The van der Waals surface area contributed by atoms with Crippen LogP contribution in [0.3, 0.4) is 0 Å². The molecule has 2 aromatic carbocycles. The van der Waals surface area contributed by atoms with Gasteiger partial charge in [-0.05, 0) is 18.6 Å². The molecule has 2 rings (SSSR count). The van der Waals surface area contributed by atoms with Crippen LogP contribution in [0.2, 0.25) is 0 Å². The van der Waals surface area contributed by atoms with Crippen molar-refractivity contribution in [3.05, 3.63) is 65.7 Å². The van der Waals surface area contributed by atoms with Gasteiger partial charge in [-0.25, -0.2) is 0 Å². The zero-order chi connectivity index (χ0) is 15.2. The molecule has 2 N–H and O–H groups in total. The van der Waals surface area contributed by atoms with Gasteiger partial charge in [-0.1, -0.05) is 48.5 Å². The Kier molecular flexibility index (Phi) is 4.95. The first-order chi connectivity index (χ1) is 10.1. The molecule has 0 aromatic heterocycles. The van der Waals surface area contributed by atoms with Crippen molar-refractivity contribution in [2.45, 2.75) is 19.0 Å². The van der Waals surface area contributed by atoms with Crippen LogP contribution in [0.25, 0.3) is 0 Å². The van der Waals surface area contributed by atoms with Crippen LogP contribution >= 0.6 is 0 Å². The maximum atomic E-state index is 11.6. The van der Waals surface area contributed by atoms with E-state index in [-0.39, 0.29) is 6.04 Å². The minimum absolute atomic E-state index is 0.0859. The summed E-state index contributed by atoms with van der Waals surface area (Å²) in [6.45, 7) is 1.95. The third kappa shape index (κ3) is 3.61. The molecule has 0 aliphatic rings. The van der Waals surface area contributed by atoms with Crippen molar-refractivity contribution in [1.29, 1.82) is 0 Å². The smallest absolute Gasteiger partial charge is 0.325 e. The van der Waals surface area contributed by atoms with Crippen molar-refractivity contribution in [3.63, 3.8) is 0 Å². The van der Waals surface area contributed by atoms with E-state index in [4.69, 9.17) is 4.74 Å². The number of nitrogens with one attached hydrogen (secondary N) is 1. The first kappa shape index (κ1) is 15.1. The fourth-order valence-corrected chi connectivity index (χ4v) is 2.29. The first-order valence-corrected chi connectivity index (χ1v) is 6.80. The number of carboxylic acid groups (broad SMARTS) is 1. The minimum Gasteiger partial charge on any atom is -0.496 e. The van der Waals surface area contributed by atoms with Gasteiger partial charge in [0.25, 0.3) is 0 Å². The highest BCUT2D eigenvalue weighted by Crippen LogP contribution is 2.27. The van der Waals surface area contributed by atoms with E-state index in [0.717, 1.165) is 5.56 Å².